The number of hydrogen-bond acceptors (Lipinski definition) is 4. The van der Waals surface area contributed by atoms with Gasteiger partial charge in [-0.25, -0.2) is 0 Å². The smallest absolute Gasteiger partial charge is 0.309 e. The lowest BCUT2D eigenvalue weighted by Gasteiger charge is -2.07. The van der Waals surface area contributed by atoms with Crippen LogP contribution in [-0.4, -0.2) is 24.7 Å². The molecule has 1 aromatic rings. The van der Waals surface area contributed by atoms with E-state index in [4.69, 9.17) is 0 Å². The number of carbonyl (C=O) groups is 1. The fourth-order valence-corrected chi connectivity index (χ4v) is 1.39. The molecule has 4 heteroatoms. The standard InChI is InChI=1S/C12H17NO3/c1-3-13-8-10-6-9(4-5-11(10)14)7-12(15)16-2/h4-6,13-14H,3,7-8H2,1-2H3. The van der Waals surface area contributed by atoms with Crippen LogP contribution in [0, 0.1) is 0 Å². The number of benzene rings is 1. The van der Waals surface area contributed by atoms with E-state index in [2.05, 4.69) is 10.1 Å². The predicted molar refractivity (Wildman–Crippen MR) is 61.2 cm³/mol. The Morgan fingerprint density at radius 3 is 2.88 bits per heavy atom. The molecule has 88 valence electrons. The van der Waals surface area contributed by atoms with Gasteiger partial charge in [-0.15, -0.1) is 0 Å². The van der Waals surface area contributed by atoms with Crippen LogP contribution in [-0.2, 0) is 22.5 Å². The predicted octanol–water partition coefficient (Wildman–Crippen LogP) is 1.22. The van der Waals surface area contributed by atoms with Gasteiger partial charge in [0.15, 0.2) is 0 Å². The van der Waals surface area contributed by atoms with Crippen LogP contribution in [0.1, 0.15) is 18.1 Å². The van der Waals surface area contributed by atoms with Crippen molar-refractivity contribution >= 4 is 5.97 Å². The van der Waals surface area contributed by atoms with Crippen molar-refractivity contribution in [2.45, 2.75) is 19.9 Å². The first-order chi connectivity index (χ1) is 7.67. The summed E-state index contributed by atoms with van der Waals surface area (Å²) in [6, 6.07) is 5.14. The van der Waals surface area contributed by atoms with Crippen molar-refractivity contribution in [2.75, 3.05) is 13.7 Å². The summed E-state index contributed by atoms with van der Waals surface area (Å²) in [7, 11) is 1.36. The molecule has 2 N–H and O–H groups in total. The second-order valence-corrected chi connectivity index (χ2v) is 3.50. The Kier molecular flexibility index (Phi) is 4.79. The van der Waals surface area contributed by atoms with E-state index in [9.17, 15) is 9.90 Å². The molecule has 0 aliphatic heterocycles. The first-order valence-electron chi connectivity index (χ1n) is 5.25. The van der Waals surface area contributed by atoms with Crippen LogP contribution in [0.15, 0.2) is 18.2 Å². The van der Waals surface area contributed by atoms with Crippen LogP contribution in [0.2, 0.25) is 0 Å². The molecule has 0 aliphatic carbocycles. The maximum absolute atomic E-state index is 11.1. The summed E-state index contributed by atoms with van der Waals surface area (Å²) in [5.41, 5.74) is 1.64. The fraction of sp³-hybridized carbons (Fsp3) is 0.417. The number of carbonyl (C=O) groups excluding carboxylic acids is 1. The van der Waals surface area contributed by atoms with Crippen molar-refractivity contribution in [3.63, 3.8) is 0 Å². The van der Waals surface area contributed by atoms with Crippen molar-refractivity contribution in [1.29, 1.82) is 0 Å². The molecule has 4 nitrogen and oxygen atoms in total. The fourth-order valence-electron chi connectivity index (χ4n) is 1.39. The topological polar surface area (TPSA) is 58.6 Å². The van der Waals surface area contributed by atoms with E-state index in [0.717, 1.165) is 17.7 Å². The van der Waals surface area contributed by atoms with E-state index in [1.54, 1.807) is 12.1 Å². The molecule has 0 amide bonds. The molecule has 0 spiro atoms. The third-order valence-corrected chi connectivity index (χ3v) is 2.29. The minimum atomic E-state index is -0.278. The van der Waals surface area contributed by atoms with Gasteiger partial charge in [-0.2, -0.15) is 0 Å². The van der Waals surface area contributed by atoms with E-state index in [1.165, 1.54) is 7.11 Å². The summed E-state index contributed by atoms with van der Waals surface area (Å²) < 4.78 is 4.59. The first-order valence-corrected chi connectivity index (χ1v) is 5.25. The summed E-state index contributed by atoms with van der Waals surface area (Å²) in [6.45, 7) is 3.42. The number of esters is 1. The zero-order valence-electron chi connectivity index (χ0n) is 9.62. The van der Waals surface area contributed by atoms with Crippen LogP contribution in [0.3, 0.4) is 0 Å². The van der Waals surface area contributed by atoms with Gasteiger partial charge < -0.3 is 15.2 Å². The monoisotopic (exact) mass is 223 g/mol. The molecule has 0 aliphatic rings. The third kappa shape index (κ3) is 3.55. The number of nitrogens with one attached hydrogen (secondary N) is 1. The number of hydrogen-bond donors (Lipinski definition) is 2. The Bertz CT molecular complexity index is 363. The van der Waals surface area contributed by atoms with Crippen LogP contribution in [0.4, 0.5) is 0 Å². The Morgan fingerprint density at radius 2 is 2.25 bits per heavy atom. The van der Waals surface area contributed by atoms with E-state index < -0.39 is 0 Å². The highest BCUT2D eigenvalue weighted by Gasteiger charge is 2.06. The van der Waals surface area contributed by atoms with Crippen molar-refractivity contribution < 1.29 is 14.6 Å². The molecule has 1 rings (SSSR count). The van der Waals surface area contributed by atoms with Crippen LogP contribution in [0.5, 0.6) is 5.75 Å². The van der Waals surface area contributed by atoms with Crippen LogP contribution < -0.4 is 5.32 Å². The summed E-state index contributed by atoms with van der Waals surface area (Å²) >= 11 is 0. The SMILES string of the molecule is CCNCc1cc(CC(=O)OC)ccc1O. The average Bonchev–Trinajstić information content (AvgIpc) is 2.29. The number of methoxy groups -OCH3 is 1. The molecule has 0 fully saturated rings. The molecule has 0 radical (unpaired) electrons. The average molecular weight is 223 g/mol. The molecule has 0 aromatic heterocycles. The molecule has 0 unspecified atom stereocenters. The first kappa shape index (κ1) is 12.5. The molecule has 0 atom stereocenters. The van der Waals surface area contributed by atoms with Gasteiger partial charge in [0.25, 0.3) is 0 Å². The van der Waals surface area contributed by atoms with E-state index >= 15 is 0 Å². The Balaban J connectivity index is 2.76. The number of ether oxygens (including phenoxy) is 1. The van der Waals surface area contributed by atoms with Gasteiger partial charge in [-0.3, -0.25) is 4.79 Å². The number of phenols is 1. The highest BCUT2D eigenvalue weighted by Crippen LogP contribution is 2.18. The van der Waals surface area contributed by atoms with Crippen LogP contribution >= 0.6 is 0 Å². The lowest BCUT2D eigenvalue weighted by Crippen LogP contribution is -2.12. The van der Waals surface area contributed by atoms with Crippen LogP contribution in [0.25, 0.3) is 0 Å². The minimum Gasteiger partial charge on any atom is -0.508 e. The molecule has 0 heterocycles. The van der Waals surface area contributed by atoms with Gasteiger partial charge in [0.2, 0.25) is 0 Å². The second-order valence-electron chi connectivity index (χ2n) is 3.50. The van der Waals surface area contributed by atoms with E-state index in [1.807, 2.05) is 13.0 Å². The zero-order valence-corrected chi connectivity index (χ0v) is 9.62. The van der Waals surface area contributed by atoms with Gasteiger partial charge in [0, 0.05) is 12.1 Å². The van der Waals surface area contributed by atoms with Gasteiger partial charge in [0.1, 0.15) is 5.75 Å². The molecule has 0 saturated carbocycles. The molecule has 0 saturated heterocycles. The summed E-state index contributed by atoms with van der Waals surface area (Å²) in [4.78, 5) is 11.1. The summed E-state index contributed by atoms with van der Waals surface area (Å²) in [6.07, 6.45) is 0.232. The highest BCUT2D eigenvalue weighted by molar-refractivity contribution is 5.72. The summed E-state index contributed by atoms with van der Waals surface area (Å²) in [5, 5.41) is 12.7. The van der Waals surface area contributed by atoms with Crippen molar-refractivity contribution in [3.05, 3.63) is 29.3 Å². The number of aromatic hydroxyl groups is 1. The molecule has 0 bridgehead atoms. The Hall–Kier alpha value is -1.55. The van der Waals surface area contributed by atoms with Gasteiger partial charge >= 0.3 is 5.97 Å². The van der Waals surface area contributed by atoms with Gasteiger partial charge in [0.05, 0.1) is 13.5 Å². The maximum Gasteiger partial charge on any atom is 0.309 e. The molecular formula is C12H17NO3. The quantitative estimate of drug-likeness (QED) is 0.737. The maximum atomic E-state index is 11.1. The largest absolute Gasteiger partial charge is 0.508 e. The zero-order chi connectivity index (χ0) is 12.0. The number of phenolic OH excluding ortho intramolecular Hbond substituents is 1. The molecular weight excluding hydrogens is 206 g/mol. The second kappa shape index (κ2) is 6.12. The Morgan fingerprint density at radius 1 is 1.50 bits per heavy atom. The molecule has 1 aromatic carbocycles. The van der Waals surface area contributed by atoms with Crippen molar-refractivity contribution in [3.8, 4) is 5.75 Å². The van der Waals surface area contributed by atoms with Gasteiger partial charge in [-0.1, -0.05) is 19.1 Å². The van der Waals surface area contributed by atoms with Crippen molar-refractivity contribution in [2.24, 2.45) is 0 Å². The van der Waals surface area contributed by atoms with E-state index in [-0.39, 0.29) is 18.1 Å². The van der Waals surface area contributed by atoms with Crippen molar-refractivity contribution in [1.82, 2.24) is 5.32 Å². The lowest BCUT2D eigenvalue weighted by atomic mass is 10.1. The molecule has 16 heavy (non-hydrogen) atoms. The number of rotatable bonds is 5. The third-order valence-electron chi connectivity index (χ3n) is 2.29. The normalized spacial score (nSPS) is 10.1. The summed E-state index contributed by atoms with van der Waals surface area (Å²) in [5.74, 6) is -0.0327. The van der Waals surface area contributed by atoms with Gasteiger partial charge in [-0.05, 0) is 18.2 Å². The Labute approximate surface area is 95.2 Å². The highest BCUT2D eigenvalue weighted by atomic mass is 16.5. The minimum absolute atomic E-state index is 0.232. The van der Waals surface area contributed by atoms with E-state index in [0.29, 0.717) is 6.54 Å². The lowest BCUT2D eigenvalue weighted by molar-refractivity contribution is -0.139.